The molecule has 0 aliphatic rings. The Morgan fingerprint density at radius 1 is 0.528 bits per heavy atom. The van der Waals surface area contributed by atoms with Crippen LogP contribution < -0.4 is 4.90 Å². The first-order valence-electron chi connectivity index (χ1n) is 10.9. The lowest BCUT2D eigenvalue weighted by molar-refractivity contribution is 0.329. The lowest BCUT2D eigenvalue weighted by Crippen LogP contribution is -2.09. The maximum Gasteiger partial charge on any atom is 0.208 e. The van der Waals surface area contributed by atoms with Gasteiger partial charge < -0.3 is 25.5 Å². The summed E-state index contributed by atoms with van der Waals surface area (Å²) in [6.07, 6.45) is 0. The number of benzene rings is 4. The summed E-state index contributed by atoms with van der Waals surface area (Å²) in [4.78, 5) is 2.46. The van der Waals surface area contributed by atoms with Gasteiger partial charge in [-0.05, 0) is 53.1 Å². The van der Waals surface area contributed by atoms with Gasteiger partial charge in [0.05, 0.1) is 0 Å². The average molecular weight is 562 g/mol. The molecule has 5 N–H and O–H groups in total. The Hall–Kier alpha value is -4.14. The van der Waals surface area contributed by atoms with Crippen LogP contribution in [0.15, 0.2) is 95.5 Å². The van der Waals surface area contributed by atoms with E-state index in [1.54, 1.807) is 12.1 Å². The van der Waals surface area contributed by atoms with E-state index in [4.69, 9.17) is 0 Å². The normalized spacial score (nSPS) is 10.9. The molecule has 0 atom stereocenters. The van der Waals surface area contributed by atoms with Crippen LogP contribution in [0.1, 0.15) is 0 Å². The summed E-state index contributed by atoms with van der Waals surface area (Å²) in [6.45, 7) is 0. The van der Waals surface area contributed by atoms with Crippen LogP contribution in [0.4, 0.5) is 16.4 Å². The van der Waals surface area contributed by atoms with E-state index in [-0.39, 0.29) is 5.69 Å². The van der Waals surface area contributed by atoms with E-state index in [1.165, 1.54) is 16.2 Å². The highest BCUT2D eigenvalue weighted by Gasteiger charge is 2.29. The molecular weight excluding hydrogens is 542 g/mol. The molecule has 0 fully saturated rings. The Morgan fingerprint density at radius 3 is 1.64 bits per heavy atom. The molecule has 8 heteroatoms. The van der Waals surface area contributed by atoms with E-state index in [0.29, 0.717) is 10.7 Å². The first kappa shape index (κ1) is 23.6. The summed E-state index contributed by atoms with van der Waals surface area (Å²) < 4.78 is 0.971. The Bertz CT molecular complexity index is 1500. The van der Waals surface area contributed by atoms with Crippen LogP contribution in [0.5, 0.6) is 28.7 Å². The zero-order valence-corrected chi connectivity index (χ0v) is 21.0. The smallest absolute Gasteiger partial charge is 0.208 e. The largest absolute Gasteiger partial charge is 0.503 e. The number of nitrogens with zero attached hydrogens (tertiary/aromatic N) is 1. The fourth-order valence-corrected chi connectivity index (χ4v) is 5.21. The van der Waals surface area contributed by atoms with Crippen molar-refractivity contribution in [3.63, 3.8) is 0 Å². The van der Waals surface area contributed by atoms with E-state index in [0.717, 1.165) is 26.0 Å². The summed E-state index contributed by atoms with van der Waals surface area (Å²) in [7, 11) is 0. The van der Waals surface area contributed by atoms with Gasteiger partial charge in [0.1, 0.15) is 10.7 Å². The Morgan fingerprint density at radius 2 is 1.06 bits per heavy atom. The number of phenols is 5. The third-order valence-electron chi connectivity index (χ3n) is 5.74. The Labute approximate surface area is 219 Å². The summed E-state index contributed by atoms with van der Waals surface area (Å²) in [5.74, 6) is -4.41. The second-order valence-corrected chi connectivity index (χ2v) is 9.96. The van der Waals surface area contributed by atoms with Gasteiger partial charge in [-0.15, -0.1) is 11.3 Å². The van der Waals surface area contributed by atoms with Crippen LogP contribution in [0.3, 0.4) is 0 Å². The van der Waals surface area contributed by atoms with Gasteiger partial charge in [-0.25, -0.2) is 0 Å². The van der Waals surface area contributed by atoms with Crippen molar-refractivity contribution in [1.82, 2.24) is 0 Å². The molecule has 0 unspecified atom stereocenters. The standard InChI is InChI=1S/C28H20BrNO5S/c29-19-10-6-16(7-11-19)17-8-12-20(13-9-17)30(23-24(31)26(33)28(35)27(34)25(23)32)22-15-14-21(36-22)18-4-2-1-3-5-18/h1-15,31-35H. The topological polar surface area (TPSA) is 104 Å². The van der Waals surface area contributed by atoms with E-state index in [9.17, 15) is 25.5 Å². The van der Waals surface area contributed by atoms with Crippen molar-refractivity contribution in [2.24, 2.45) is 0 Å². The number of phenolic OH excluding ortho intramolecular Hbond substituents is 5. The van der Waals surface area contributed by atoms with Gasteiger partial charge >= 0.3 is 0 Å². The van der Waals surface area contributed by atoms with Crippen LogP contribution in [0.25, 0.3) is 21.6 Å². The first-order chi connectivity index (χ1) is 17.3. The maximum absolute atomic E-state index is 10.7. The van der Waals surface area contributed by atoms with E-state index < -0.39 is 28.7 Å². The minimum atomic E-state index is -1.00. The van der Waals surface area contributed by atoms with Crippen LogP contribution in [0.2, 0.25) is 0 Å². The molecule has 0 saturated carbocycles. The zero-order chi connectivity index (χ0) is 25.4. The summed E-state index contributed by atoms with van der Waals surface area (Å²) in [6, 6.07) is 28.7. The van der Waals surface area contributed by atoms with Crippen molar-refractivity contribution in [3.8, 4) is 50.3 Å². The van der Waals surface area contributed by atoms with Crippen molar-refractivity contribution in [3.05, 3.63) is 95.5 Å². The molecule has 180 valence electrons. The predicted molar refractivity (Wildman–Crippen MR) is 146 cm³/mol. The van der Waals surface area contributed by atoms with Crippen molar-refractivity contribution >= 4 is 43.6 Å². The molecule has 0 radical (unpaired) electrons. The minimum absolute atomic E-state index is 0.263. The molecule has 1 heterocycles. The molecule has 0 spiro atoms. The van der Waals surface area contributed by atoms with Gasteiger partial charge in [0.25, 0.3) is 0 Å². The highest BCUT2D eigenvalue weighted by Crippen LogP contribution is 2.58. The molecule has 0 saturated heterocycles. The second kappa shape index (κ2) is 9.49. The molecule has 5 rings (SSSR count). The number of halogens is 1. The average Bonchev–Trinajstić information content (AvgIpc) is 3.40. The van der Waals surface area contributed by atoms with Crippen molar-refractivity contribution in [2.75, 3.05) is 4.90 Å². The maximum atomic E-state index is 10.7. The van der Waals surface area contributed by atoms with E-state index in [1.807, 2.05) is 78.9 Å². The van der Waals surface area contributed by atoms with Crippen LogP contribution >= 0.6 is 27.3 Å². The summed E-state index contributed by atoms with van der Waals surface area (Å²) in [5.41, 5.74) is 3.23. The first-order valence-corrected chi connectivity index (χ1v) is 12.5. The minimum Gasteiger partial charge on any atom is -0.503 e. The van der Waals surface area contributed by atoms with Crippen molar-refractivity contribution in [2.45, 2.75) is 0 Å². The fourth-order valence-electron chi connectivity index (χ4n) is 3.90. The second-order valence-electron chi connectivity index (χ2n) is 7.98. The highest BCUT2D eigenvalue weighted by atomic mass is 79.9. The summed E-state index contributed by atoms with van der Waals surface area (Å²) in [5, 5.41) is 52.5. The van der Waals surface area contributed by atoms with Gasteiger partial charge in [0.15, 0.2) is 11.5 Å². The highest BCUT2D eigenvalue weighted by molar-refractivity contribution is 9.10. The zero-order valence-electron chi connectivity index (χ0n) is 18.6. The van der Waals surface area contributed by atoms with Gasteiger partial charge in [0.2, 0.25) is 17.2 Å². The Balaban J connectivity index is 1.66. The monoisotopic (exact) mass is 561 g/mol. The lowest BCUT2D eigenvalue weighted by Gasteiger charge is -2.26. The predicted octanol–water partition coefficient (Wildman–Crippen LogP) is 7.84. The van der Waals surface area contributed by atoms with Gasteiger partial charge in [-0.2, -0.15) is 0 Å². The number of anilines is 3. The molecule has 36 heavy (non-hydrogen) atoms. The fraction of sp³-hybridized carbons (Fsp3) is 0. The third-order valence-corrected chi connectivity index (χ3v) is 7.39. The number of thiophene rings is 1. The van der Waals surface area contributed by atoms with E-state index in [2.05, 4.69) is 15.9 Å². The molecule has 6 nitrogen and oxygen atoms in total. The summed E-state index contributed by atoms with van der Waals surface area (Å²) >= 11 is 4.83. The molecule has 1 aromatic heterocycles. The van der Waals surface area contributed by atoms with E-state index >= 15 is 0 Å². The molecular formula is C28H20BrNO5S. The van der Waals surface area contributed by atoms with Crippen molar-refractivity contribution in [1.29, 1.82) is 0 Å². The van der Waals surface area contributed by atoms with Gasteiger partial charge in [-0.1, -0.05) is 70.5 Å². The molecule has 0 bridgehead atoms. The molecule has 0 aliphatic carbocycles. The number of rotatable bonds is 5. The molecule has 0 aliphatic heterocycles. The number of aromatic hydroxyl groups is 5. The quantitative estimate of drug-likeness (QED) is 0.110. The van der Waals surface area contributed by atoms with Crippen LogP contribution in [-0.2, 0) is 0 Å². The van der Waals surface area contributed by atoms with Crippen molar-refractivity contribution < 1.29 is 25.5 Å². The van der Waals surface area contributed by atoms with Crippen LogP contribution in [-0.4, -0.2) is 25.5 Å². The Kier molecular flexibility index (Phi) is 6.22. The third kappa shape index (κ3) is 4.21. The molecule has 4 aromatic carbocycles. The molecule has 0 amide bonds. The molecule has 5 aromatic rings. The SMILES string of the molecule is Oc1c(O)c(O)c(N(c2ccc(-c3ccc(Br)cc3)cc2)c2ccc(-c3ccccc3)s2)c(O)c1O. The van der Waals surface area contributed by atoms with Crippen LogP contribution in [0, 0.1) is 0 Å². The van der Waals surface area contributed by atoms with Gasteiger partial charge in [0, 0.05) is 15.0 Å². The number of hydrogen-bond donors (Lipinski definition) is 5. The number of hydrogen-bond acceptors (Lipinski definition) is 7. The lowest BCUT2D eigenvalue weighted by atomic mass is 10.0. The van der Waals surface area contributed by atoms with Gasteiger partial charge in [-0.3, -0.25) is 4.90 Å².